The van der Waals surface area contributed by atoms with E-state index in [0.29, 0.717) is 6.54 Å². The van der Waals surface area contributed by atoms with Crippen molar-refractivity contribution < 1.29 is 4.79 Å². The molecule has 0 saturated heterocycles. The summed E-state index contributed by atoms with van der Waals surface area (Å²) in [4.78, 5) is 13.7. The first-order valence-electron chi connectivity index (χ1n) is 4.96. The van der Waals surface area contributed by atoms with E-state index in [9.17, 15) is 4.79 Å². The van der Waals surface area contributed by atoms with E-state index in [1.54, 1.807) is 6.08 Å². The fourth-order valence-corrected chi connectivity index (χ4v) is 1.51. The minimum atomic E-state index is 0.459. The van der Waals surface area contributed by atoms with Gasteiger partial charge in [0.2, 0.25) is 6.08 Å². The summed E-state index contributed by atoms with van der Waals surface area (Å²) in [5.41, 5.74) is 3.70. The van der Waals surface area contributed by atoms with Gasteiger partial charge in [-0.15, -0.1) is 0 Å². The molecule has 1 rings (SSSR count). The Morgan fingerprint density at radius 3 is 2.57 bits per heavy atom. The molecule has 0 spiro atoms. The SMILES string of the molecule is CCc1ccc(CC)c(CN=C=O)c1. The van der Waals surface area contributed by atoms with Gasteiger partial charge in [-0.05, 0) is 29.5 Å². The van der Waals surface area contributed by atoms with E-state index in [1.807, 2.05) is 0 Å². The highest BCUT2D eigenvalue weighted by Crippen LogP contribution is 2.14. The van der Waals surface area contributed by atoms with E-state index >= 15 is 0 Å². The minimum absolute atomic E-state index is 0.459. The lowest BCUT2D eigenvalue weighted by atomic mass is 10.0. The van der Waals surface area contributed by atoms with Crippen LogP contribution < -0.4 is 0 Å². The molecule has 2 heteroatoms. The molecule has 0 aliphatic carbocycles. The van der Waals surface area contributed by atoms with Crippen LogP contribution in [0.2, 0.25) is 0 Å². The highest BCUT2D eigenvalue weighted by Gasteiger charge is 2.00. The lowest BCUT2D eigenvalue weighted by molar-refractivity contribution is 0.562. The summed E-state index contributed by atoms with van der Waals surface area (Å²) < 4.78 is 0. The van der Waals surface area contributed by atoms with Crippen LogP contribution in [0.5, 0.6) is 0 Å². The Morgan fingerprint density at radius 1 is 1.21 bits per heavy atom. The van der Waals surface area contributed by atoms with Crippen molar-refractivity contribution in [2.24, 2.45) is 4.99 Å². The van der Waals surface area contributed by atoms with Gasteiger partial charge < -0.3 is 0 Å². The predicted molar refractivity (Wildman–Crippen MR) is 57.0 cm³/mol. The molecule has 1 aromatic rings. The monoisotopic (exact) mass is 189 g/mol. The van der Waals surface area contributed by atoms with Crippen LogP contribution in [0.4, 0.5) is 0 Å². The number of hydrogen-bond donors (Lipinski definition) is 0. The highest BCUT2D eigenvalue weighted by molar-refractivity contribution is 5.36. The Hall–Kier alpha value is -1.40. The zero-order valence-corrected chi connectivity index (χ0v) is 8.71. The molecule has 0 bridgehead atoms. The van der Waals surface area contributed by atoms with Crippen LogP contribution in [-0.2, 0) is 24.2 Å². The number of aliphatic imine (C=N–C) groups is 1. The summed E-state index contributed by atoms with van der Waals surface area (Å²) in [6, 6.07) is 6.38. The number of hydrogen-bond acceptors (Lipinski definition) is 2. The summed E-state index contributed by atoms with van der Waals surface area (Å²) in [5.74, 6) is 0. The third kappa shape index (κ3) is 2.54. The van der Waals surface area contributed by atoms with Crippen LogP contribution in [0, 0.1) is 0 Å². The highest BCUT2D eigenvalue weighted by atomic mass is 16.1. The topological polar surface area (TPSA) is 29.4 Å². The summed E-state index contributed by atoms with van der Waals surface area (Å²) in [6.07, 6.45) is 3.58. The van der Waals surface area contributed by atoms with Crippen molar-refractivity contribution in [1.82, 2.24) is 0 Å². The second-order valence-corrected chi connectivity index (χ2v) is 3.22. The van der Waals surface area contributed by atoms with Crippen molar-refractivity contribution in [3.05, 3.63) is 34.9 Å². The fraction of sp³-hybridized carbons (Fsp3) is 0.417. The minimum Gasteiger partial charge on any atom is -0.211 e. The quantitative estimate of drug-likeness (QED) is 0.529. The third-order valence-electron chi connectivity index (χ3n) is 2.37. The lowest BCUT2D eigenvalue weighted by Gasteiger charge is -2.06. The zero-order valence-electron chi connectivity index (χ0n) is 8.71. The number of rotatable bonds is 4. The van der Waals surface area contributed by atoms with Gasteiger partial charge in [0.1, 0.15) is 0 Å². The fourth-order valence-electron chi connectivity index (χ4n) is 1.51. The van der Waals surface area contributed by atoms with E-state index in [-0.39, 0.29) is 0 Å². The van der Waals surface area contributed by atoms with Crippen molar-refractivity contribution in [3.8, 4) is 0 Å². The van der Waals surface area contributed by atoms with E-state index in [1.165, 1.54) is 11.1 Å². The summed E-state index contributed by atoms with van der Waals surface area (Å²) in [5, 5.41) is 0. The molecular weight excluding hydrogens is 174 g/mol. The van der Waals surface area contributed by atoms with Crippen molar-refractivity contribution >= 4 is 6.08 Å². The molecule has 74 valence electrons. The van der Waals surface area contributed by atoms with Gasteiger partial charge in [0.15, 0.2) is 0 Å². The van der Waals surface area contributed by atoms with Crippen LogP contribution in [0.15, 0.2) is 23.2 Å². The molecule has 0 amide bonds. The van der Waals surface area contributed by atoms with Gasteiger partial charge in [-0.1, -0.05) is 32.0 Å². The molecule has 14 heavy (non-hydrogen) atoms. The first-order valence-corrected chi connectivity index (χ1v) is 4.96. The number of isocyanates is 1. The van der Waals surface area contributed by atoms with E-state index in [2.05, 4.69) is 37.0 Å². The Bertz CT molecular complexity index is 351. The van der Waals surface area contributed by atoms with Crippen molar-refractivity contribution in [2.75, 3.05) is 0 Å². The maximum Gasteiger partial charge on any atom is 0.235 e. The predicted octanol–water partition coefficient (Wildman–Crippen LogP) is 2.65. The van der Waals surface area contributed by atoms with Gasteiger partial charge in [0.05, 0.1) is 6.54 Å². The maximum atomic E-state index is 10.0. The molecule has 0 heterocycles. The number of nitrogens with zero attached hydrogens (tertiary/aromatic N) is 1. The molecule has 0 radical (unpaired) electrons. The molecule has 0 N–H and O–H groups in total. The van der Waals surface area contributed by atoms with Crippen molar-refractivity contribution in [2.45, 2.75) is 33.2 Å². The molecule has 0 atom stereocenters. The summed E-state index contributed by atoms with van der Waals surface area (Å²) in [7, 11) is 0. The first kappa shape index (κ1) is 10.7. The van der Waals surface area contributed by atoms with Crippen molar-refractivity contribution in [3.63, 3.8) is 0 Å². The molecule has 0 unspecified atom stereocenters. The van der Waals surface area contributed by atoms with Crippen LogP contribution in [0.1, 0.15) is 30.5 Å². The third-order valence-corrected chi connectivity index (χ3v) is 2.37. The van der Waals surface area contributed by atoms with Gasteiger partial charge in [-0.2, -0.15) is 0 Å². The van der Waals surface area contributed by atoms with Gasteiger partial charge in [0, 0.05) is 0 Å². The second kappa shape index (κ2) is 5.36. The molecule has 0 aromatic heterocycles. The molecule has 1 aromatic carbocycles. The normalized spacial score (nSPS) is 9.57. The lowest BCUT2D eigenvalue weighted by Crippen LogP contribution is -1.93. The van der Waals surface area contributed by atoms with Crippen LogP contribution in [0.25, 0.3) is 0 Å². The zero-order chi connectivity index (χ0) is 10.4. The van der Waals surface area contributed by atoms with E-state index in [4.69, 9.17) is 0 Å². The average molecular weight is 189 g/mol. The molecular formula is C12H15NO. The van der Waals surface area contributed by atoms with Gasteiger partial charge >= 0.3 is 0 Å². The Labute approximate surface area is 84.7 Å². The van der Waals surface area contributed by atoms with Crippen molar-refractivity contribution in [1.29, 1.82) is 0 Å². The first-order chi connectivity index (χ1) is 6.81. The Balaban J connectivity index is 3.01. The molecule has 0 fully saturated rings. The standard InChI is InChI=1S/C12H15NO/c1-3-10-5-6-11(4-2)12(7-10)8-13-9-14/h5-7H,3-4,8H2,1-2H3. The average Bonchev–Trinajstić information content (AvgIpc) is 2.25. The number of carbonyl (C=O) groups excluding carboxylic acids is 1. The van der Waals surface area contributed by atoms with Gasteiger partial charge in [-0.3, -0.25) is 0 Å². The molecule has 0 aliphatic rings. The van der Waals surface area contributed by atoms with Crippen LogP contribution in [-0.4, -0.2) is 6.08 Å². The maximum absolute atomic E-state index is 10.0. The number of aryl methyl sites for hydroxylation is 2. The van der Waals surface area contributed by atoms with E-state index in [0.717, 1.165) is 18.4 Å². The molecule has 2 nitrogen and oxygen atoms in total. The van der Waals surface area contributed by atoms with Crippen LogP contribution >= 0.6 is 0 Å². The van der Waals surface area contributed by atoms with Crippen LogP contribution in [0.3, 0.4) is 0 Å². The Morgan fingerprint density at radius 2 is 2.00 bits per heavy atom. The van der Waals surface area contributed by atoms with E-state index < -0.39 is 0 Å². The largest absolute Gasteiger partial charge is 0.235 e. The number of benzene rings is 1. The summed E-state index contributed by atoms with van der Waals surface area (Å²) >= 11 is 0. The van der Waals surface area contributed by atoms with Gasteiger partial charge in [-0.25, -0.2) is 9.79 Å². The molecule has 0 aliphatic heterocycles. The second-order valence-electron chi connectivity index (χ2n) is 3.22. The Kier molecular flexibility index (Phi) is 4.09. The van der Waals surface area contributed by atoms with Gasteiger partial charge in [0.25, 0.3) is 0 Å². The summed E-state index contributed by atoms with van der Waals surface area (Å²) in [6.45, 7) is 4.68. The molecule has 0 saturated carbocycles. The smallest absolute Gasteiger partial charge is 0.211 e.